The molecule has 2 heterocycles. The molecule has 2 aliphatic heterocycles. The second kappa shape index (κ2) is 16.0. The second-order valence-electron chi connectivity index (χ2n) is 12.2. The Morgan fingerprint density at radius 1 is 1.09 bits per heavy atom. The number of allylic oxidation sites excluding steroid dienone is 2. The summed E-state index contributed by atoms with van der Waals surface area (Å²) >= 11 is 0. The van der Waals surface area contributed by atoms with Crippen LogP contribution >= 0.6 is 0 Å². The standard InChI is InChI=1S/C32H45F2N3O7S/c1-23(9-11-30(24(2)8-10-27(40)12-17-38)44-31(41)36-15-13-35(4)14-16-36)29(20-39)25(3)18-26-6-5-7-28(19-26)45(42,43)37-21-32(33,34)22-37/h5-7,9,11,17-20,23-24,27,29-30,40H,8,10,12-16,21-22H2,1-4H3/b11-9+,25-18+/t23-,24-,27+,29-,30-/m0/s1. The van der Waals surface area contributed by atoms with E-state index in [0.29, 0.717) is 43.4 Å². The number of nitrogens with zero attached hydrogens (tertiary/aromatic N) is 3. The number of aldehydes is 2. The van der Waals surface area contributed by atoms with Crippen molar-refractivity contribution in [1.29, 1.82) is 0 Å². The van der Waals surface area contributed by atoms with Crippen LogP contribution in [0, 0.1) is 17.8 Å². The van der Waals surface area contributed by atoms with E-state index in [-0.39, 0.29) is 23.2 Å². The average molecular weight is 654 g/mol. The van der Waals surface area contributed by atoms with Gasteiger partial charge in [0.25, 0.3) is 5.92 Å². The molecule has 13 heteroatoms. The Labute approximate surface area is 264 Å². The Balaban J connectivity index is 1.75. The fourth-order valence-corrected chi connectivity index (χ4v) is 6.89. The Kier molecular flexibility index (Phi) is 13.0. The van der Waals surface area contributed by atoms with E-state index in [1.54, 1.807) is 30.0 Å². The lowest BCUT2D eigenvalue weighted by Crippen LogP contribution is -2.58. The molecule has 250 valence electrons. The van der Waals surface area contributed by atoms with Crippen LogP contribution < -0.4 is 0 Å². The van der Waals surface area contributed by atoms with Gasteiger partial charge in [-0.1, -0.05) is 43.7 Å². The summed E-state index contributed by atoms with van der Waals surface area (Å²) in [5.74, 6) is -4.13. The third-order valence-electron chi connectivity index (χ3n) is 8.43. The third kappa shape index (κ3) is 10.2. The maximum atomic E-state index is 13.3. The number of carbonyl (C=O) groups excluding carboxylic acids is 3. The number of benzene rings is 1. The predicted molar refractivity (Wildman–Crippen MR) is 166 cm³/mol. The number of likely N-dealkylation sites (N-methyl/N-ethyl adjacent to an activating group) is 1. The van der Waals surface area contributed by atoms with E-state index in [4.69, 9.17) is 4.74 Å². The lowest BCUT2D eigenvalue weighted by atomic mass is 9.86. The van der Waals surface area contributed by atoms with Crippen molar-refractivity contribution in [2.45, 2.75) is 63.1 Å². The van der Waals surface area contributed by atoms with Crippen molar-refractivity contribution in [3.63, 3.8) is 0 Å². The van der Waals surface area contributed by atoms with E-state index in [0.717, 1.165) is 23.7 Å². The van der Waals surface area contributed by atoms with Crippen molar-refractivity contribution in [1.82, 2.24) is 14.1 Å². The summed E-state index contributed by atoms with van der Waals surface area (Å²) in [5, 5.41) is 10.0. The number of halogens is 2. The van der Waals surface area contributed by atoms with Gasteiger partial charge in [0.2, 0.25) is 10.0 Å². The van der Waals surface area contributed by atoms with Gasteiger partial charge in [0.15, 0.2) is 0 Å². The first-order valence-electron chi connectivity index (χ1n) is 15.2. The molecular formula is C32H45F2N3O7S. The van der Waals surface area contributed by atoms with E-state index < -0.39 is 53.3 Å². The van der Waals surface area contributed by atoms with Crippen LogP contribution in [0.2, 0.25) is 0 Å². The zero-order chi connectivity index (χ0) is 33.4. The quantitative estimate of drug-likeness (QED) is 0.224. The third-order valence-corrected chi connectivity index (χ3v) is 10.2. The van der Waals surface area contributed by atoms with E-state index in [2.05, 4.69) is 4.90 Å². The highest BCUT2D eigenvalue weighted by atomic mass is 32.2. The summed E-state index contributed by atoms with van der Waals surface area (Å²) in [4.78, 5) is 39.7. The number of ether oxygens (including phenoxy) is 1. The Morgan fingerprint density at radius 2 is 1.76 bits per heavy atom. The van der Waals surface area contributed by atoms with Gasteiger partial charge in [0.05, 0.1) is 24.1 Å². The molecule has 0 aliphatic carbocycles. The molecule has 5 atom stereocenters. The monoisotopic (exact) mass is 653 g/mol. The molecule has 1 aromatic carbocycles. The first-order valence-corrected chi connectivity index (χ1v) is 16.7. The summed E-state index contributed by atoms with van der Waals surface area (Å²) in [7, 11) is -2.09. The SMILES string of the molecule is C/C(=C\c1cccc(S(=O)(=O)N2CC(F)(F)C2)c1)[C@@H](C=O)[C@@H](C)/C=C/[C@H](OC(=O)N1CCN(C)CC1)[C@@H](C)CC[C@@H](O)CC=O. The van der Waals surface area contributed by atoms with Gasteiger partial charge < -0.3 is 29.2 Å². The van der Waals surface area contributed by atoms with Crippen molar-refractivity contribution < 1.29 is 41.4 Å². The minimum Gasteiger partial charge on any atom is -0.442 e. The molecule has 1 aromatic rings. The molecule has 3 rings (SSSR count). The molecule has 0 radical (unpaired) electrons. The number of carbonyl (C=O) groups is 3. The average Bonchev–Trinajstić information content (AvgIpc) is 2.97. The first kappa shape index (κ1) is 36.5. The summed E-state index contributed by atoms with van der Waals surface area (Å²) < 4.78 is 58.8. The van der Waals surface area contributed by atoms with E-state index in [1.807, 2.05) is 27.0 Å². The zero-order valence-electron chi connectivity index (χ0n) is 26.3. The molecule has 0 unspecified atom stereocenters. The van der Waals surface area contributed by atoms with E-state index in [1.165, 1.54) is 18.2 Å². The number of amides is 1. The number of rotatable bonds is 15. The van der Waals surface area contributed by atoms with Crippen molar-refractivity contribution in [3.8, 4) is 0 Å². The molecule has 0 saturated carbocycles. The van der Waals surface area contributed by atoms with Crippen LogP contribution in [0.4, 0.5) is 13.6 Å². The molecule has 0 spiro atoms. The Bertz CT molecular complexity index is 1340. The lowest BCUT2D eigenvalue weighted by Gasteiger charge is -2.37. The normalized spacial score (nSPS) is 21.4. The van der Waals surface area contributed by atoms with Crippen LogP contribution in [0.15, 0.2) is 46.9 Å². The van der Waals surface area contributed by atoms with Crippen LogP contribution in [0.25, 0.3) is 6.08 Å². The molecule has 0 aromatic heterocycles. The predicted octanol–water partition coefficient (Wildman–Crippen LogP) is 3.86. The summed E-state index contributed by atoms with van der Waals surface area (Å²) in [6, 6.07) is 5.94. The fourth-order valence-electron chi connectivity index (χ4n) is 5.34. The summed E-state index contributed by atoms with van der Waals surface area (Å²) in [5.41, 5.74) is 1.16. The van der Waals surface area contributed by atoms with Gasteiger partial charge in [0, 0.05) is 38.5 Å². The minimum atomic E-state index is -4.07. The summed E-state index contributed by atoms with van der Waals surface area (Å²) in [6.45, 7) is 6.33. The molecule has 10 nitrogen and oxygen atoms in total. The number of aliphatic hydroxyl groups excluding tert-OH is 1. The topological polar surface area (TPSA) is 125 Å². The number of aliphatic hydroxyl groups is 1. The number of alkyl halides is 2. The minimum absolute atomic E-state index is 0.0288. The molecular weight excluding hydrogens is 608 g/mol. The van der Waals surface area contributed by atoms with Gasteiger partial charge in [-0.25, -0.2) is 22.0 Å². The smallest absolute Gasteiger partial charge is 0.410 e. The van der Waals surface area contributed by atoms with Crippen LogP contribution in [0.3, 0.4) is 0 Å². The van der Waals surface area contributed by atoms with Crippen molar-refractivity contribution in [3.05, 3.63) is 47.6 Å². The van der Waals surface area contributed by atoms with Crippen LogP contribution in [-0.2, 0) is 24.3 Å². The van der Waals surface area contributed by atoms with Crippen LogP contribution in [0.1, 0.15) is 45.6 Å². The van der Waals surface area contributed by atoms with Gasteiger partial charge in [-0.2, -0.15) is 4.31 Å². The highest BCUT2D eigenvalue weighted by Crippen LogP contribution is 2.33. The van der Waals surface area contributed by atoms with E-state index >= 15 is 0 Å². The zero-order valence-corrected chi connectivity index (χ0v) is 27.2. The number of hydrogen-bond donors (Lipinski definition) is 1. The van der Waals surface area contributed by atoms with Gasteiger partial charge in [-0.05, 0) is 62.4 Å². The molecule has 0 bridgehead atoms. The highest BCUT2D eigenvalue weighted by Gasteiger charge is 2.49. The van der Waals surface area contributed by atoms with Crippen molar-refractivity contribution >= 4 is 34.8 Å². The molecule has 1 N–H and O–H groups in total. The summed E-state index contributed by atoms with van der Waals surface area (Å²) in [6.07, 6.45) is 5.74. The van der Waals surface area contributed by atoms with Gasteiger partial charge in [-0.15, -0.1) is 0 Å². The molecule has 45 heavy (non-hydrogen) atoms. The van der Waals surface area contributed by atoms with E-state index in [9.17, 15) is 36.7 Å². The number of sulfonamides is 1. The highest BCUT2D eigenvalue weighted by molar-refractivity contribution is 7.89. The maximum absolute atomic E-state index is 13.3. The molecule has 1 amide bonds. The second-order valence-corrected chi connectivity index (χ2v) is 14.2. The maximum Gasteiger partial charge on any atom is 0.410 e. The Morgan fingerprint density at radius 3 is 2.36 bits per heavy atom. The molecule has 2 fully saturated rings. The Hall–Kier alpha value is -3.00. The fraction of sp³-hybridized carbons (Fsp3) is 0.594. The molecule has 2 saturated heterocycles. The molecule has 2 aliphatic rings. The van der Waals surface area contributed by atoms with Crippen LogP contribution in [0.5, 0.6) is 0 Å². The lowest BCUT2D eigenvalue weighted by molar-refractivity contribution is -0.111. The van der Waals surface area contributed by atoms with Crippen molar-refractivity contribution in [2.75, 3.05) is 46.3 Å². The van der Waals surface area contributed by atoms with Gasteiger partial charge in [0.1, 0.15) is 18.7 Å². The largest absolute Gasteiger partial charge is 0.442 e. The number of hydrogen-bond acceptors (Lipinski definition) is 8. The van der Waals surface area contributed by atoms with Gasteiger partial charge >= 0.3 is 6.09 Å². The van der Waals surface area contributed by atoms with Crippen LogP contribution in [-0.4, -0.2) is 111 Å². The number of piperazine rings is 1. The van der Waals surface area contributed by atoms with Crippen molar-refractivity contribution in [2.24, 2.45) is 17.8 Å². The first-order chi connectivity index (χ1) is 21.2. The van der Waals surface area contributed by atoms with Gasteiger partial charge in [-0.3, -0.25) is 0 Å².